The molecular formula is C16H18N2O3. The van der Waals surface area contributed by atoms with Crippen molar-refractivity contribution in [3.8, 4) is 0 Å². The predicted octanol–water partition coefficient (Wildman–Crippen LogP) is 1.50. The molecule has 0 spiro atoms. The Labute approximate surface area is 123 Å². The number of carbonyl (C=O) groups excluding carboxylic acids is 1. The van der Waals surface area contributed by atoms with Crippen LogP contribution in [0.5, 0.6) is 0 Å². The molecule has 1 aliphatic rings. The molecule has 1 fully saturated rings. The topological polar surface area (TPSA) is 71.5 Å². The normalized spacial score (nSPS) is 25.1. The third kappa shape index (κ3) is 2.62. The summed E-state index contributed by atoms with van der Waals surface area (Å²) in [5.41, 5.74) is -0.622. The zero-order valence-electron chi connectivity index (χ0n) is 11.9. The number of nitrogens with zero attached hydrogens (tertiary/aromatic N) is 1. The van der Waals surface area contributed by atoms with Crippen molar-refractivity contribution in [1.82, 2.24) is 10.3 Å². The molecule has 2 N–H and O–H groups in total. The molecule has 1 aliphatic heterocycles. The number of benzene rings is 1. The molecule has 21 heavy (non-hydrogen) atoms. The number of fused-ring (bicyclic) bond motifs is 1. The van der Waals surface area contributed by atoms with E-state index < -0.39 is 5.60 Å². The van der Waals surface area contributed by atoms with Crippen molar-refractivity contribution in [2.75, 3.05) is 13.2 Å². The number of ether oxygens (including phenoxy) is 1. The molecule has 5 nitrogen and oxygen atoms in total. The maximum atomic E-state index is 12.3. The fourth-order valence-electron chi connectivity index (χ4n) is 2.62. The maximum absolute atomic E-state index is 12.3. The molecule has 1 aromatic heterocycles. The highest BCUT2D eigenvalue weighted by Gasteiger charge is 2.39. The summed E-state index contributed by atoms with van der Waals surface area (Å²) in [6, 6.07) is 9.47. The van der Waals surface area contributed by atoms with Crippen molar-refractivity contribution in [2.24, 2.45) is 0 Å². The minimum atomic E-state index is -1.000. The van der Waals surface area contributed by atoms with Crippen LogP contribution >= 0.6 is 0 Å². The van der Waals surface area contributed by atoms with Crippen molar-refractivity contribution < 1.29 is 14.6 Å². The number of amides is 1. The average molecular weight is 286 g/mol. The van der Waals surface area contributed by atoms with E-state index in [4.69, 9.17) is 4.74 Å². The van der Waals surface area contributed by atoms with Gasteiger partial charge in [-0.25, -0.2) is 0 Å². The Hall–Kier alpha value is -1.98. The first-order valence-corrected chi connectivity index (χ1v) is 7.06. The number of aromatic nitrogens is 1. The van der Waals surface area contributed by atoms with E-state index in [1.807, 2.05) is 37.3 Å². The molecule has 2 aromatic rings. The van der Waals surface area contributed by atoms with Gasteiger partial charge in [0.05, 0.1) is 6.10 Å². The van der Waals surface area contributed by atoms with Crippen LogP contribution in [0.3, 0.4) is 0 Å². The highest BCUT2D eigenvalue weighted by Crippen LogP contribution is 2.25. The smallest absolute Gasteiger partial charge is 0.270 e. The van der Waals surface area contributed by atoms with Crippen molar-refractivity contribution in [2.45, 2.75) is 25.0 Å². The lowest BCUT2D eigenvalue weighted by atomic mass is 9.96. The Bertz CT molecular complexity index is 668. The van der Waals surface area contributed by atoms with Crippen molar-refractivity contribution >= 4 is 16.7 Å². The van der Waals surface area contributed by atoms with Gasteiger partial charge in [0.1, 0.15) is 11.3 Å². The number of nitrogens with one attached hydrogen (secondary N) is 1. The quantitative estimate of drug-likeness (QED) is 0.897. The van der Waals surface area contributed by atoms with Crippen LogP contribution < -0.4 is 5.32 Å². The van der Waals surface area contributed by atoms with Crippen LogP contribution in [0.15, 0.2) is 36.5 Å². The summed E-state index contributed by atoms with van der Waals surface area (Å²) >= 11 is 0. The van der Waals surface area contributed by atoms with Gasteiger partial charge in [-0.05, 0) is 18.4 Å². The molecule has 5 heteroatoms. The summed E-state index contributed by atoms with van der Waals surface area (Å²) in [5.74, 6) is -0.278. The summed E-state index contributed by atoms with van der Waals surface area (Å²) in [5, 5.41) is 15.0. The molecule has 2 unspecified atom stereocenters. The lowest BCUT2D eigenvalue weighted by molar-refractivity contribution is -0.0251. The summed E-state index contributed by atoms with van der Waals surface area (Å²) < 4.78 is 5.36. The first-order chi connectivity index (χ1) is 10.1. The Morgan fingerprint density at radius 1 is 1.48 bits per heavy atom. The van der Waals surface area contributed by atoms with E-state index in [0.29, 0.717) is 18.7 Å². The average Bonchev–Trinajstić information content (AvgIpc) is 2.84. The highest BCUT2D eigenvalue weighted by atomic mass is 16.5. The SMILES string of the molecule is CC1OCCC1(O)CNC(=O)c1nccc2ccccc12. The van der Waals surface area contributed by atoms with Crippen LogP contribution in [0.4, 0.5) is 0 Å². The second-order valence-corrected chi connectivity index (χ2v) is 5.43. The fourth-order valence-corrected chi connectivity index (χ4v) is 2.62. The van der Waals surface area contributed by atoms with Gasteiger partial charge >= 0.3 is 0 Å². The van der Waals surface area contributed by atoms with Gasteiger partial charge in [0.2, 0.25) is 0 Å². The minimum Gasteiger partial charge on any atom is -0.385 e. The predicted molar refractivity (Wildman–Crippen MR) is 79.1 cm³/mol. The molecule has 1 saturated heterocycles. The Balaban J connectivity index is 1.79. The molecule has 2 heterocycles. The van der Waals surface area contributed by atoms with Gasteiger partial charge in [0.15, 0.2) is 0 Å². The number of aliphatic hydroxyl groups is 1. The monoisotopic (exact) mass is 286 g/mol. The van der Waals surface area contributed by atoms with Crippen molar-refractivity contribution in [3.63, 3.8) is 0 Å². The van der Waals surface area contributed by atoms with Crippen LogP contribution in [0.25, 0.3) is 10.8 Å². The fraction of sp³-hybridized carbons (Fsp3) is 0.375. The first kappa shape index (κ1) is 14.0. The molecule has 0 aliphatic carbocycles. The van der Waals surface area contributed by atoms with E-state index in [1.54, 1.807) is 6.20 Å². The van der Waals surface area contributed by atoms with Crippen LogP contribution in [-0.4, -0.2) is 40.9 Å². The molecule has 0 bridgehead atoms. The molecule has 0 saturated carbocycles. The third-order valence-corrected chi connectivity index (χ3v) is 4.10. The number of hydrogen-bond acceptors (Lipinski definition) is 4. The summed E-state index contributed by atoms with van der Waals surface area (Å²) in [6.45, 7) is 2.49. The van der Waals surface area contributed by atoms with Gasteiger partial charge < -0.3 is 15.2 Å². The van der Waals surface area contributed by atoms with Gasteiger partial charge in [-0.15, -0.1) is 0 Å². The van der Waals surface area contributed by atoms with Gasteiger partial charge in [-0.2, -0.15) is 0 Å². The van der Waals surface area contributed by atoms with E-state index in [-0.39, 0.29) is 18.6 Å². The van der Waals surface area contributed by atoms with Crippen LogP contribution in [0.2, 0.25) is 0 Å². The zero-order valence-corrected chi connectivity index (χ0v) is 11.9. The second-order valence-electron chi connectivity index (χ2n) is 5.43. The Morgan fingerprint density at radius 2 is 2.29 bits per heavy atom. The van der Waals surface area contributed by atoms with Gasteiger partial charge in [0.25, 0.3) is 5.91 Å². The molecule has 2 atom stereocenters. The van der Waals surface area contributed by atoms with Gasteiger partial charge in [-0.3, -0.25) is 9.78 Å². The molecule has 3 rings (SSSR count). The largest absolute Gasteiger partial charge is 0.385 e. The Morgan fingerprint density at radius 3 is 3.05 bits per heavy atom. The number of hydrogen-bond donors (Lipinski definition) is 2. The standard InChI is InChI=1S/C16H18N2O3/c1-11-16(20,7-9-21-11)10-18-15(19)14-13-5-3-2-4-12(13)6-8-17-14/h2-6,8,11,20H,7,9-10H2,1H3,(H,18,19). The highest BCUT2D eigenvalue weighted by molar-refractivity contribution is 6.05. The zero-order chi connectivity index (χ0) is 14.9. The summed E-state index contributed by atoms with van der Waals surface area (Å²) in [4.78, 5) is 16.5. The van der Waals surface area contributed by atoms with Gasteiger partial charge in [-0.1, -0.05) is 24.3 Å². The minimum absolute atomic E-state index is 0.165. The van der Waals surface area contributed by atoms with Crippen molar-refractivity contribution in [3.05, 3.63) is 42.2 Å². The van der Waals surface area contributed by atoms with Crippen molar-refractivity contribution in [1.29, 1.82) is 0 Å². The summed E-state index contributed by atoms with van der Waals surface area (Å²) in [7, 11) is 0. The molecule has 1 aromatic carbocycles. The molecule has 0 radical (unpaired) electrons. The number of rotatable bonds is 3. The lowest BCUT2D eigenvalue weighted by Crippen LogP contribution is -2.47. The number of pyridine rings is 1. The van der Waals surface area contributed by atoms with E-state index in [9.17, 15) is 9.90 Å². The Kier molecular flexibility index (Phi) is 3.61. The molecule has 1 amide bonds. The molecular weight excluding hydrogens is 268 g/mol. The van der Waals surface area contributed by atoms with E-state index in [2.05, 4.69) is 10.3 Å². The third-order valence-electron chi connectivity index (χ3n) is 4.10. The van der Waals surface area contributed by atoms with Crippen LogP contribution in [0.1, 0.15) is 23.8 Å². The van der Waals surface area contributed by atoms with E-state index >= 15 is 0 Å². The van der Waals surface area contributed by atoms with Gasteiger partial charge in [0, 0.05) is 31.2 Å². The number of carbonyl (C=O) groups is 1. The lowest BCUT2D eigenvalue weighted by Gasteiger charge is -2.26. The van der Waals surface area contributed by atoms with Crippen LogP contribution in [-0.2, 0) is 4.74 Å². The van der Waals surface area contributed by atoms with Crippen LogP contribution in [0, 0.1) is 0 Å². The second kappa shape index (κ2) is 5.42. The first-order valence-electron chi connectivity index (χ1n) is 7.06. The maximum Gasteiger partial charge on any atom is 0.270 e. The summed E-state index contributed by atoms with van der Waals surface area (Å²) in [6.07, 6.45) is 1.86. The van der Waals surface area contributed by atoms with E-state index in [0.717, 1.165) is 10.8 Å². The van der Waals surface area contributed by atoms with E-state index in [1.165, 1.54) is 0 Å². The molecule has 110 valence electrons.